The van der Waals surface area contributed by atoms with Crippen molar-refractivity contribution in [2.75, 3.05) is 26.2 Å². The molecule has 4 aromatic rings. The molecule has 1 aliphatic rings. The zero-order valence-corrected chi connectivity index (χ0v) is 21.0. The maximum Gasteiger partial charge on any atom is 0.339 e. The highest BCUT2D eigenvalue weighted by molar-refractivity contribution is 6.11. The Labute approximate surface area is 210 Å². The maximum atomic E-state index is 12.7. The quantitative estimate of drug-likeness (QED) is 0.327. The number of carbonyl (C=O) groups is 1. The molecular weight excluding hydrogens is 466 g/mol. The van der Waals surface area contributed by atoms with E-state index in [1.54, 1.807) is 26.6 Å². The summed E-state index contributed by atoms with van der Waals surface area (Å²) in [4.78, 5) is 23.9. The number of aryl methyl sites for hydroxylation is 2. The van der Waals surface area contributed by atoms with E-state index >= 15 is 0 Å². The molecule has 180 valence electrons. The molecule has 1 aromatic heterocycles. The molecule has 0 spiro atoms. The van der Waals surface area contributed by atoms with E-state index in [9.17, 15) is 4.79 Å². The van der Waals surface area contributed by atoms with Crippen molar-refractivity contribution in [3.63, 3.8) is 0 Å². The number of nitrogens with zero attached hydrogens (tertiary/aromatic N) is 3. The third-order valence-corrected chi connectivity index (χ3v) is 6.39. The lowest BCUT2D eigenvalue weighted by Crippen LogP contribution is -2.13. The molecule has 0 atom stereocenters. The number of carbonyl (C=O) groups excluding carboxylic acids is 1. The Hall–Kier alpha value is -3.84. The van der Waals surface area contributed by atoms with E-state index in [1.807, 2.05) is 36.2 Å². The number of hydrogen-bond acceptors (Lipinski definition) is 7. The van der Waals surface area contributed by atoms with E-state index in [0.29, 0.717) is 23.0 Å². The van der Waals surface area contributed by atoms with Gasteiger partial charge < -0.3 is 19.1 Å². The third kappa shape index (κ3) is 4.12. The van der Waals surface area contributed by atoms with Gasteiger partial charge in [0.15, 0.2) is 11.5 Å². The second-order valence-electron chi connectivity index (χ2n) is 8.39. The molecule has 0 unspecified atom stereocenters. The molecule has 8 heteroatoms. The molecule has 0 amide bonds. The van der Waals surface area contributed by atoms with Gasteiger partial charge in [-0.05, 0) is 66.1 Å². The van der Waals surface area contributed by atoms with Gasteiger partial charge in [0.1, 0.15) is 6.61 Å². The predicted octanol–water partition coefficient (Wildman–Crippen LogP) is 5.79. The average Bonchev–Trinajstić information content (AvgIpc) is 3.23. The van der Waals surface area contributed by atoms with Crippen molar-refractivity contribution in [2.45, 2.75) is 20.5 Å². The SMILES string of the molecule is COc1cc2cc3c(c(-c4cnc(N(C)c5ccc(C)c(C)c5)nc4)c2cc1OC)C(=O)OC3.Cl. The first kappa shape index (κ1) is 24.3. The highest BCUT2D eigenvalue weighted by atomic mass is 35.5. The Morgan fingerprint density at radius 1 is 0.914 bits per heavy atom. The zero-order valence-electron chi connectivity index (χ0n) is 20.2. The summed E-state index contributed by atoms with van der Waals surface area (Å²) in [5, 5.41) is 1.76. The van der Waals surface area contributed by atoms with E-state index < -0.39 is 0 Å². The van der Waals surface area contributed by atoms with Crippen molar-refractivity contribution in [1.82, 2.24) is 9.97 Å². The van der Waals surface area contributed by atoms with E-state index in [-0.39, 0.29) is 25.0 Å². The Morgan fingerprint density at radius 2 is 1.60 bits per heavy atom. The van der Waals surface area contributed by atoms with E-state index in [0.717, 1.165) is 33.2 Å². The van der Waals surface area contributed by atoms with E-state index in [1.165, 1.54) is 11.1 Å². The number of esters is 1. The minimum atomic E-state index is -0.349. The Balaban J connectivity index is 0.00000289. The van der Waals surface area contributed by atoms with Crippen LogP contribution in [-0.2, 0) is 11.3 Å². The summed E-state index contributed by atoms with van der Waals surface area (Å²) in [5.41, 5.74) is 6.27. The fourth-order valence-corrected chi connectivity index (χ4v) is 4.32. The summed E-state index contributed by atoms with van der Waals surface area (Å²) in [5.74, 6) is 1.41. The lowest BCUT2D eigenvalue weighted by molar-refractivity contribution is 0.0535. The second-order valence-corrected chi connectivity index (χ2v) is 8.39. The third-order valence-electron chi connectivity index (χ3n) is 6.39. The van der Waals surface area contributed by atoms with Crippen LogP contribution in [0, 0.1) is 13.8 Å². The van der Waals surface area contributed by atoms with Crippen LogP contribution in [0.25, 0.3) is 21.9 Å². The van der Waals surface area contributed by atoms with Gasteiger partial charge in [-0.3, -0.25) is 0 Å². The van der Waals surface area contributed by atoms with Crippen LogP contribution in [0.3, 0.4) is 0 Å². The Bertz CT molecular complexity index is 1440. The van der Waals surface area contributed by atoms with Crippen LogP contribution in [0.1, 0.15) is 27.0 Å². The van der Waals surface area contributed by atoms with Crippen LogP contribution in [0.15, 0.2) is 48.8 Å². The summed E-state index contributed by atoms with van der Waals surface area (Å²) >= 11 is 0. The van der Waals surface area contributed by atoms with Crippen LogP contribution >= 0.6 is 12.4 Å². The average molecular weight is 492 g/mol. The van der Waals surface area contributed by atoms with Gasteiger partial charge in [0.25, 0.3) is 0 Å². The molecule has 0 N–H and O–H groups in total. The number of rotatable bonds is 5. The minimum absolute atomic E-state index is 0. The number of aromatic nitrogens is 2. The van der Waals surface area contributed by atoms with Gasteiger partial charge in [0.05, 0.1) is 19.8 Å². The molecule has 7 nitrogen and oxygen atoms in total. The van der Waals surface area contributed by atoms with Crippen LogP contribution in [-0.4, -0.2) is 37.2 Å². The molecule has 0 radical (unpaired) electrons. The second kappa shape index (κ2) is 9.43. The first-order chi connectivity index (χ1) is 16.4. The van der Waals surface area contributed by atoms with Gasteiger partial charge in [0, 0.05) is 41.8 Å². The van der Waals surface area contributed by atoms with Gasteiger partial charge in [-0.2, -0.15) is 0 Å². The van der Waals surface area contributed by atoms with Crippen molar-refractivity contribution in [1.29, 1.82) is 0 Å². The van der Waals surface area contributed by atoms with Crippen LogP contribution in [0.2, 0.25) is 0 Å². The molecule has 35 heavy (non-hydrogen) atoms. The molecule has 0 bridgehead atoms. The summed E-state index contributed by atoms with van der Waals surface area (Å²) in [6, 6.07) is 12.0. The fraction of sp³-hybridized carbons (Fsp3) is 0.222. The van der Waals surface area contributed by atoms with Gasteiger partial charge >= 0.3 is 5.97 Å². The highest BCUT2D eigenvalue weighted by Crippen LogP contribution is 2.42. The van der Waals surface area contributed by atoms with Crippen molar-refractivity contribution in [2.24, 2.45) is 0 Å². The lowest BCUT2D eigenvalue weighted by Gasteiger charge is -2.19. The first-order valence-electron chi connectivity index (χ1n) is 10.9. The van der Waals surface area contributed by atoms with Gasteiger partial charge in [-0.25, -0.2) is 14.8 Å². The largest absolute Gasteiger partial charge is 0.493 e. The summed E-state index contributed by atoms with van der Waals surface area (Å²) in [7, 11) is 5.12. The van der Waals surface area contributed by atoms with Crippen molar-refractivity contribution >= 4 is 40.8 Å². The predicted molar refractivity (Wildman–Crippen MR) is 138 cm³/mol. The van der Waals surface area contributed by atoms with E-state index in [2.05, 4.69) is 35.9 Å². The number of fused-ring (bicyclic) bond motifs is 2. The molecule has 3 aromatic carbocycles. The van der Waals surface area contributed by atoms with Crippen molar-refractivity contribution in [3.8, 4) is 22.6 Å². The fourth-order valence-electron chi connectivity index (χ4n) is 4.32. The molecule has 1 aliphatic heterocycles. The topological polar surface area (TPSA) is 73.8 Å². The van der Waals surface area contributed by atoms with Crippen LogP contribution < -0.4 is 14.4 Å². The van der Waals surface area contributed by atoms with Crippen molar-refractivity contribution in [3.05, 3.63) is 71.0 Å². The Kier molecular flexibility index (Phi) is 6.54. The van der Waals surface area contributed by atoms with Crippen LogP contribution in [0.4, 0.5) is 11.6 Å². The normalized spacial score (nSPS) is 12.1. The number of halogens is 1. The Morgan fingerprint density at radius 3 is 2.26 bits per heavy atom. The first-order valence-corrected chi connectivity index (χ1v) is 10.9. The molecule has 0 saturated heterocycles. The molecular formula is C27H26ClN3O4. The lowest BCUT2D eigenvalue weighted by atomic mass is 9.91. The molecule has 2 heterocycles. The van der Waals surface area contributed by atoms with E-state index in [4.69, 9.17) is 14.2 Å². The maximum absolute atomic E-state index is 12.7. The number of ether oxygens (including phenoxy) is 3. The van der Waals surface area contributed by atoms with Gasteiger partial charge in [0.2, 0.25) is 5.95 Å². The number of methoxy groups -OCH3 is 2. The number of anilines is 2. The number of benzene rings is 3. The molecule has 5 rings (SSSR count). The van der Waals surface area contributed by atoms with Crippen molar-refractivity contribution < 1.29 is 19.0 Å². The molecule has 0 aliphatic carbocycles. The van der Waals surface area contributed by atoms with Gasteiger partial charge in [-0.1, -0.05) is 6.07 Å². The summed E-state index contributed by atoms with van der Waals surface area (Å²) in [6.45, 7) is 4.41. The smallest absolute Gasteiger partial charge is 0.339 e. The standard InChI is InChI=1S/C27H25N3O4.ClH/c1-15-6-7-20(8-16(15)2)30(3)27-28-12-19(13-29-27)24-21-11-23(33-5)22(32-4)10-17(21)9-18-14-34-26(31)25(18)24;/h6-13H,14H2,1-5H3;1H. The number of cyclic esters (lactones) is 1. The van der Waals surface area contributed by atoms with Gasteiger partial charge in [-0.15, -0.1) is 12.4 Å². The highest BCUT2D eigenvalue weighted by Gasteiger charge is 2.28. The number of hydrogen-bond donors (Lipinski definition) is 0. The van der Waals surface area contributed by atoms with Crippen LogP contribution in [0.5, 0.6) is 11.5 Å². The zero-order chi connectivity index (χ0) is 24.0. The monoisotopic (exact) mass is 491 g/mol. The summed E-state index contributed by atoms with van der Waals surface area (Å²) < 4.78 is 16.4. The minimum Gasteiger partial charge on any atom is -0.493 e. The molecule has 0 fully saturated rings. The molecule has 0 saturated carbocycles. The summed E-state index contributed by atoms with van der Waals surface area (Å²) in [6.07, 6.45) is 3.49.